The fourth-order valence-electron chi connectivity index (χ4n) is 2.46. The minimum Gasteiger partial charge on any atom is -0.326 e. The third-order valence-electron chi connectivity index (χ3n) is 4.01. The molecule has 21 heavy (non-hydrogen) atoms. The SMILES string of the molecule is CCN(CC1CCC1)S(=O)(=O)c1ccc(F)c(CN)c1F. The van der Waals surface area contributed by atoms with Crippen LogP contribution in [-0.2, 0) is 16.6 Å². The predicted octanol–water partition coefficient (Wildman–Crippen LogP) is 2.23. The number of rotatable bonds is 6. The first-order valence-electron chi connectivity index (χ1n) is 7.08. The van der Waals surface area contributed by atoms with E-state index >= 15 is 0 Å². The summed E-state index contributed by atoms with van der Waals surface area (Å²) in [4.78, 5) is -0.495. The summed E-state index contributed by atoms with van der Waals surface area (Å²) < 4.78 is 54.1. The molecule has 0 bridgehead atoms. The van der Waals surface area contributed by atoms with E-state index in [0.29, 0.717) is 12.5 Å². The van der Waals surface area contributed by atoms with Gasteiger partial charge < -0.3 is 5.73 Å². The average Bonchev–Trinajstić information content (AvgIpc) is 2.37. The van der Waals surface area contributed by atoms with Crippen LogP contribution in [0.1, 0.15) is 31.7 Å². The van der Waals surface area contributed by atoms with E-state index in [9.17, 15) is 17.2 Å². The molecule has 4 nitrogen and oxygen atoms in total. The highest BCUT2D eigenvalue weighted by atomic mass is 32.2. The zero-order chi connectivity index (χ0) is 15.6. The van der Waals surface area contributed by atoms with E-state index in [1.807, 2.05) is 0 Å². The van der Waals surface area contributed by atoms with Crippen LogP contribution in [-0.4, -0.2) is 25.8 Å². The molecule has 0 aromatic heterocycles. The number of halogens is 2. The fraction of sp³-hybridized carbons (Fsp3) is 0.571. The van der Waals surface area contributed by atoms with Crippen LogP contribution in [0.5, 0.6) is 0 Å². The molecule has 118 valence electrons. The number of benzene rings is 1. The average molecular weight is 318 g/mol. The Labute approximate surface area is 124 Å². The summed E-state index contributed by atoms with van der Waals surface area (Å²) in [5, 5.41) is 0. The molecular formula is C14H20F2N2O2S. The molecule has 0 radical (unpaired) electrons. The van der Waals surface area contributed by atoms with Gasteiger partial charge in [-0.3, -0.25) is 0 Å². The van der Waals surface area contributed by atoms with Crippen molar-refractivity contribution < 1.29 is 17.2 Å². The second-order valence-electron chi connectivity index (χ2n) is 5.29. The first-order chi connectivity index (χ1) is 9.91. The van der Waals surface area contributed by atoms with E-state index in [2.05, 4.69) is 0 Å². The second kappa shape index (κ2) is 6.37. The summed E-state index contributed by atoms with van der Waals surface area (Å²) in [6, 6.07) is 1.93. The van der Waals surface area contributed by atoms with Gasteiger partial charge in [0.15, 0.2) is 5.82 Å². The summed E-state index contributed by atoms with van der Waals surface area (Å²) in [7, 11) is -3.97. The number of hydrogen-bond acceptors (Lipinski definition) is 3. The largest absolute Gasteiger partial charge is 0.326 e. The smallest absolute Gasteiger partial charge is 0.245 e. The maximum absolute atomic E-state index is 14.2. The molecule has 0 unspecified atom stereocenters. The Morgan fingerprint density at radius 1 is 1.33 bits per heavy atom. The van der Waals surface area contributed by atoms with Crippen molar-refractivity contribution >= 4 is 10.0 Å². The lowest BCUT2D eigenvalue weighted by molar-refractivity contribution is 0.249. The monoisotopic (exact) mass is 318 g/mol. The van der Waals surface area contributed by atoms with Gasteiger partial charge in [0.2, 0.25) is 10.0 Å². The van der Waals surface area contributed by atoms with E-state index in [1.54, 1.807) is 6.92 Å². The highest BCUT2D eigenvalue weighted by Crippen LogP contribution is 2.30. The van der Waals surface area contributed by atoms with Gasteiger partial charge in [-0.25, -0.2) is 17.2 Å². The Morgan fingerprint density at radius 2 is 2.00 bits per heavy atom. The highest BCUT2D eigenvalue weighted by Gasteiger charge is 2.31. The van der Waals surface area contributed by atoms with Gasteiger partial charge in [-0.1, -0.05) is 13.3 Å². The van der Waals surface area contributed by atoms with Gasteiger partial charge in [0.1, 0.15) is 10.7 Å². The van der Waals surface area contributed by atoms with Crippen molar-refractivity contribution in [2.24, 2.45) is 11.7 Å². The van der Waals surface area contributed by atoms with Crippen LogP contribution < -0.4 is 5.73 Å². The Bertz CT molecular complexity index is 616. The summed E-state index contributed by atoms with van der Waals surface area (Å²) >= 11 is 0. The third-order valence-corrected chi connectivity index (χ3v) is 5.97. The quantitative estimate of drug-likeness (QED) is 0.875. The first kappa shape index (κ1) is 16.3. The van der Waals surface area contributed by atoms with E-state index in [4.69, 9.17) is 5.73 Å². The molecule has 1 aromatic rings. The van der Waals surface area contributed by atoms with Crippen molar-refractivity contribution in [1.82, 2.24) is 4.31 Å². The molecule has 1 fully saturated rings. The van der Waals surface area contributed by atoms with Crippen molar-refractivity contribution in [2.75, 3.05) is 13.1 Å². The van der Waals surface area contributed by atoms with Crippen LogP contribution >= 0.6 is 0 Å². The number of nitrogens with zero attached hydrogens (tertiary/aromatic N) is 1. The van der Waals surface area contributed by atoms with E-state index in [-0.39, 0.29) is 13.1 Å². The second-order valence-corrected chi connectivity index (χ2v) is 7.20. The van der Waals surface area contributed by atoms with Crippen molar-refractivity contribution in [1.29, 1.82) is 0 Å². The molecule has 1 saturated carbocycles. The number of nitrogens with two attached hydrogens (primary N) is 1. The van der Waals surface area contributed by atoms with Gasteiger partial charge >= 0.3 is 0 Å². The molecule has 1 aliphatic carbocycles. The van der Waals surface area contributed by atoms with Gasteiger partial charge in [0, 0.05) is 25.2 Å². The molecule has 1 aromatic carbocycles. The van der Waals surface area contributed by atoms with Crippen LogP contribution in [0.15, 0.2) is 17.0 Å². The maximum atomic E-state index is 14.2. The van der Waals surface area contributed by atoms with E-state index in [0.717, 1.165) is 31.4 Å². The maximum Gasteiger partial charge on any atom is 0.245 e. The molecule has 0 spiro atoms. The lowest BCUT2D eigenvalue weighted by atomic mass is 9.85. The van der Waals surface area contributed by atoms with Crippen LogP contribution in [0.25, 0.3) is 0 Å². The lowest BCUT2D eigenvalue weighted by Crippen LogP contribution is -2.37. The number of sulfonamides is 1. The molecule has 0 saturated heterocycles. The standard InChI is InChI=1S/C14H20F2N2O2S/c1-2-18(9-10-4-3-5-10)21(19,20)13-7-6-12(15)11(8-17)14(13)16/h6-7,10H,2-5,8-9,17H2,1H3. The first-order valence-corrected chi connectivity index (χ1v) is 8.52. The Kier molecular flexibility index (Phi) is 4.95. The molecule has 1 aliphatic rings. The minimum absolute atomic E-state index is 0.258. The van der Waals surface area contributed by atoms with Crippen LogP contribution in [0.4, 0.5) is 8.78 Å². The van der Waals surface area contributed by atoms with Crippen LogP contribution in [0.2, 0.25) is 0 Å². The predicted molar refractivity (Wildman–Crippen MR) is 76.0 cm³/mol. The van der Waals surface area contributed by atoms with E-state index < -0.39 is 32.1 Å². The van der Waals surface area contributed by atoms with E-state index in [1.165, 1.54) is 4.31 Å². The molecule has 0 atom stereocenters. The van der Waals surface area contributed by atoms with Crippen LogP contribution in [0.3, 0.4) is 0 Å². The molecule has 0 amide bonds. The van der Waals surface area contributed by atoms with Crippen molar-refractivity contribution in [3.8, 4) is 0 Å². The highest BCUT2D eigenvalue weighted by molar-refractivity contribution is 7.89. The molecule has 0 heterocycles. The lowest BCUT2D eigenvalue weighted by Gasteiger charge is -2.31. The molecule has 0 aliphatic heterocycles. The van der Waals surface area contributed by atoms with Gasteiger partial charge in [-0.05, 0) is 30.9 Å². The number of hydrogen-bond donors (Lipinski definition) is 1. The summed E-state index contributed by atoms with van der Waals surface area (Å²) in [6.07, 6.45) is 3.09. The summed E-state index contributed by atoms with van der Waals surface area (Å²) in [6.45, 7) is 1.97. The van der Waals surface area contributed by atoms with Gasteiger partial charge in [0.05, 0.1) is 0 Å². The van der Waals surface area contributed by atoms with Crippen molar-refractivity contribution in [2.45, 2.75) is 37.6 Å². The molecule has 2 rings (SSSR count). The van der Waals surface area contributed by atoms with Gasteiger partial charge in [-0.15, -0.1) is 0 Å². The summed E-state index contributed by atoms with van der Waals surface area (Å²) in [5.74, 6) is -1.57. The van der Waals surface area contributed by atoms with Crippen molar-refractivity contribution in [3.05, 3.63) is 29.3 Å². The Hall–Kier alpha value is -1.05. The Balaban J connectivity index is 2.37. The molecule has 2 N–H and O–H groups in total. The zero-order valence-corrected chi connectivity index (χ0v) is 12.8. The molecule has 7 heteroatoms. The van der Waals surface area contributed by atoms with Gasteiger partial charge in [-0.2, -0.15) is 4.31 Å². The zero-order valence-electron chi connectivity index (χ0n) is 12.0. The minimum atomic E-state index is -3.97. The molecular weight excluding hydrogens is 298 g/mol. The van der Waals surface area contributed by atoms with Crippen molar-refractivity contribution in [3.63, 3.8) is 0 Å². The topological polar surface area (TPSA) is 63.4 Å². The van der Waals surface area contributed by atoms with Gasteiger partial charge in [0.25, 0.3) is 0 Å². The van der Waals surface area contributed by atoms with Crippen LogP contribution in [0, 0.1) is 17.6 Å². The normalized spacial score (nSPS) is 16.2. The fourth-order valence-corrected chi connectivity index (χ4v) is 4.08. The Morgan fingerprint density at radius 3 is 2.48 bits per heavy atom. The third kappa shape index (κ3) is 3.09. The summed E-state index contributed by atoms with van der Waals surface area (Å²) in [5.41, 5.74) is 4.90.